The Kier molecular flexibility index (Phi) is 5.21. The molecule has 2 amide bonds. The van der Waals surface area contributed by atoms with Crippen LogP contribution in [-0.2, 0) is 0 Å². The Morgan fingerprint density at radius 3 is 2.72 bits per heavy atom. The molecule has 0 bridgehead atoms. The highest BCUT2D eigenvalue weighted by Gasteiger charge is 2.27. The van der Waals surface area contributed by atoms with Crippen LogP contribution in [0.15, 0.2) is 28.7 Å². The largest absolute Gasteiger partial charge is 0.497 e. The highest BCUT2D eigenvalue weighted by atomic mass is 16.5. The first-order chi connectivity index (χ1) is 12.1. The molecule has 1 aliphatic heterocycles. The van der Waals surface area contributed by atoms with Crippen molar-refractivity contribution in [2.75, 3.05) is 25.5 Å². The van der Waals surface area contributed by atoms with Crippen LogP contribution in [0.1, 0.15) is 50.3 Å². The number of likely N-dealkylation sites (tertiary alicyclic amines) is 1. The number of amides is 2. The van der Waals surface area contributed by atoms with E-state index in [1.54, 1.807) is 13.2 Å². The molecule has 0 aliphatic carbocycles. The second-order valence-electron chi connectivity index (χ2n) is 6.56. The summed E-state index contributed by atoms with van der Waals surface area (Å²) in [6.07, 6.45) is 1.65. The summed E-state index contributed by atoms with van der Waals surface area (Å²) in [7, 11) is 1.61. The first-order valence-corrected chi connectivity index (χ1v) is 8.60. The van der Waals surface area contributed by atoms with Crippen molar-refractivity contribution in [3.05, 3.63) is 36.0 Å². The molecule has 2 aromatic rings. The zero-order valence-electron chi connectivity index (χ0n) is 14.9. The van der Waals surface area contributed by atoms with E-state index in [1.165, 1.54) is 0 Å². The molecule has 7 nitrogen and oxygen atoms in total. The van der Waals surface area contributed by atoms with Crippen LogP contribution < -0.4 is 10.1 Å². The van der Waals surface area contributed by atoms with Crippen LogP contribution >= 0.6 is 0 Å². The standard InChI is InChI=1S/C18H24N4O3/c1-12(2)16-20-21-17(25-16)13-7-9-22(10-8-13)18(23)19-14-5-4-6-15(11-14)24-3/h4-6,11-13H,7-10H2,1-3H3,(H,19,23). The Balaban J connectivity index is 1.55. The minimum absolute atomic E-state index is 0.0971. The van der Waals surface area contributed by atoms with Crippen LogP contribution in [0.25, 0.3) is 0 Å². The van der Waals surface area contributed by atoms with Gasteiger partial charge < -0.3 is 19.4 Å². The second-order valence-corrected chi connectivity index (χ2v) is 6.56. The van der Waals surface area contributed by atoms with Crippen molar-refractivity contribution >= 4 is 11.7 Å². The third kappa shape index (κ3) is 4.10. The lowest BCUT2D eigenvalue weighted by atomic mass is 9.97. The number of hydrogen-bond acceptors (Lipinski definition) is 5. The topological polar surface area (TPSA) is 80.5 Å². The third-order valence-electron chi connectivity index (χ3n) is 4.40. The van der Waals surface area contributed by atoms with Gasteiger partial charge in [0.2, 0.25) is 11.8 Å². The molecule has 0 saturated carbocycles. The number of carbonyl (C=O) groups is 1. The van der Waals surface area contributed by atoms with Gasteiger partial charge in [-0.3, -0.25) is 0 Å². The maximum atomic E-state index is 12.4. The fourth-order valence-electron chi connectivity index (χ4n) is 2.88. The molecule has 7 heteroatoms. The van der Waals surface area contributed by atoms with E-state index in [4.69, 9.17) is 9.15 Å². The number of carbonyl (C=O) groups excluding carboxylic acids is 1. The number of methoxy groups -OCH3 is 1. The van der Waals surface area contributed by atoms with E-state index in [9.17, 15) is 4.79 Å². The van der Waals surface area contributed by atoms with Crippen molar-refractivity contribution in [1.29, 1.82) is 0 Å². The number of hydrogen-bond donors (Lipinski definition) is 1. The molecule has 0 radical (unpaired) electrons. The molecule has 25 heavy (non-hydrogen) atoms. The first-order valence-electron chi connectivity index (χ1n) is 8.60. The monoisotopic (exact) mass is 344 g/mol. The van der Waals surface area contributed by atoms with Crippen LogP contribution in [0.5, 0.6) is 5.75 Å². The van der Waals surface area contributed by atoms with Crippen molar-refractivity contribution in [1.82, 2.24) is 15.1 Å². The van der Waals surface area contributed by atoms with E-state index in [0.29, 0.717) is 30.6 Å². The maximum absolute atomic E-state index is 12.4. The Morgan fingerprint density at radius 1 is 1.32 bits per heavy atom. The number of nitrogens with zero attached hydrogens (tertiary/aromatic N) is 3. The van der Waals surface area contributed by atoms with Crippen molar-refractivity contribution in [2.24, 2.45) is 0 Å². The van der Waals surface area contributed by atoms with Crippen molar-refractivity contribution in [2.45, 2.75) is 38.5 Å². The van der Waals surface area contributed by atoms with E-state index < -0.39 is 0 Å². The summed E-state index contributed by atoms with van der Waals surface area (Å²) in [5.41, 5.74) is 0.727. The van der Waals surface area contributed by atoms with E-state index in [2.05, 4.69) is 15.5 Å². The number of benzene rings is 1. The molecule has 1 N–H and O–H groups in total. The van der Waals surface area contributed by atoms with Gasteiger partial charge in [0.05, 0.1) is 7.11 Å². The smallest absolute Gasteiger partial charge is 0.321 e. The Bertz CT molecular complexity index is 721. The van der Waals surface area contributed by atoms with Gasteiger partial charge >= 0.3 is 6.03 Å². The average Bonchev–Trinajstić information content (AvgIpc) is 3.12. The molecule has 134 valence electrons. The molecule has 1 aromatic carbocycles. The lowest BCUT2D eigenvalue weighted by molar-refractivity contribution is 0.189. The minimum Gasteiger partial charge on any atom is -0.497 e. The quantitative estimate of drug-likeness (QED) is 0.916. The lowest BCUT2D eigenvalue weighted by Crippen LogP contribution is -2.40. The molecule has 2 heterocycles. The van der Waals surface area contributed by atoms with Gasteiger partial charge in [-0.2, -0.15) is 0 Å². The number of aromatic nitrogens is 2. The summed E-state index contributed by atoms with van der Waals surface area (Å²) in [5, 5.41) is 11.2. The number of ether oxygens (including phenoxy) is 1. The van der Waals surface area contributed by atoms with Gasteiger partial charge in [0, 0.05) is 36.7 Å². The highest BCUT2D eigenvalue weighted by Crippen LogP contribution is 2.28. The molecule has 1 fully saturated rings. The van der Waals surface area contributed by atoms with Crippen LogP contribution in [0.2, 0.25) is 0 Å². The molecular formula is C18H24N4O3. The number of piperidine rings is 1. The van der Waals surface area contributed by atoms with E-state index in [0.717, 1.165) is 18.5 Å². The zero-order chi connectivity index (χ0) is 17.8. The lowest BCUT2D eigenvalue weighted by Gasteiger charge is -2.30. The predicted molar refractivity (Wildman–Crippen MR) is 93.9 cm³/mol. The number of nitrogens with one attached hydrogen (secondary N) is 1. The van der Waals surface area contributed by atoms with Crippen molar-refractivity contribution in [3.63, 3.8) is 0 Å². The van der Waals surface area contributed by atoms with Gasteiger partial charge in [0.25, 0.3) is 0 Å². The van der Waals surface area contributed by atoms with Gasteiger partial charge in [-0.1, -0.05) is 19.9 Å². The fraction of sp³-hybridized carbons (Fsp3) is 0.500. The van der Waals surface area contributed by atoms with E-state index in [-0.39, 0.29) is 17.9 Å². The van der Waals surface area contributed by atoms with Gasteiger partial charge in [-0.05, 0) is 25.0 Å². The summed E-state index contributed by atoms with van der Waals surface area (Å²) >= 11 is 0. The van der Waals surface area contributed by atoms with Gasteiger partial charge in [0.15, 0.2) is 0 Å². The molecular weight excluding hydrogens is 320 g/mol. The van der Waals surface area contributed by atoms with E-state index in [1.807, 2.05) is 36.9 Å². The predicted octanol–water partition coefficient (Wildman–Crippen LogP) is 3.61. The second kappa shape index (κ2) is 7.55. The number of urea groups is 1. The van der Waals surface area contributed by atoms with E-state index >= 15 is 0 Å². The average molecular weight is 344 g/mol. The van der Waals surface area contributed by atoms with Crippen molar-refractivity contribution in [3.8, 4) is 5.75 Å². The van der Waals surface area contributed by atoms with Crippen LogP contribution in [0, 0.1) is 0 Å². The Labute approximate surface area is 147 Å². The normalized spacial score (nSPS) is 15.4. The summed E-state index contributed by atoms with van der Waals surface area (Å²) < 4.78 is 10.9. The van der Waals surface area contributed by atoms with Gasteiger partial charge in [-0.15, -0.1) is 10.2 Å². The Morgan fingerprint density at radius 2 is 2.08 bits per heavy atom. The van der Waals surface area contributed by atoms with Crippen molar-refractivity contribution < 1.29 is 13.9 Å². The molecule has 0 atom stereocenters. The fourth-order valence-corrected chi connectivity index (χ4v) is 2.88. The summed E-state index contributed by atoms with van der Waals surface area (Å²) in [5.74, 6) is 2.54. The third-order valence-corrected chi connectivity index (χ3v) is 4.40. The molecule has 1 aliphatic rings. The number of rotatable bonds is 4. The highest BCUT2D eigenvalue weighted by molar-refractivity contribution is 5.89. The molecule has 0 unspecified atom stereocenters. The SMILES string of the molecule is COc1cccc(NC(=O)N2CCC(c3nnc(C(C)C)o3)CC2)c1. The number of anilines is 1. The van der Waals surface area contributed by atoms with Gasteiger partial charge in [-0.25, -0.2) is 4.79 Å². The summed E-state index contributed by atoms with van der Waals surface area (Å²) in [4.78, 5) is 14.2. The Hall–Kier alpha value is -2.57. The van der Waals surface area contributed by atoms with Gasteiger partial charge in [0.1, 0.15) is 5.75 Å². The zero-order valence-corrected chi connectivity index (χ0v) is 14.9. The minimum atomic E-state index is -0.0971. The van der Waals surface area contributed by atoms with Crippen LogP contribution in [0.4, 0.5) is 10.5 Å². The molecule has 1 aromatic heterocycles. The molecule has 1 saturated heterocycles. The first kappa shape index (κ1) is 17.3. The molecule has 0 spiro atoms. The van der Waals surface area contributed by atoms with Crippen LogP contribution in [-0.4, -0.2) is 41.3 Å². The maximum Gasteiger partial charge on any atom is 0.321 e. The summed E-state index contributed by atoms with van der Waals surface area (Å²) in [6.45, 7) is 5.39. The summed E-state index contributed by atoms with van der Waals surface area (Å²) in [6, 6.07) is 7.25. The molecule has 3 rings (SSSR count). The van der Waals surface area contributed by atoms with Crippen LogP contribution in [0.3, 0.4) is 0 Å².